The molecule has 1 N–H and O–H groups in total. The lowest BCUT2D eigenvalue weighted by Gasteiger charge is -2.39. The zero-order chi connectivity index (χ0) is 19.1. The van der Waals surface area contributed by atoms with Crippen molar-refractivity contribution in [1.29, 1.82) is 0 Å². The van der Waals surface area contributed by atoms with Gasteiger partial charge in [-0.3, -0.25) is 14.2 Å². The van der Waals surface area contributed by atoms with E-state index in [9.17, 15) is 9.59 Å². The minimum Gasteiger partial charge on any atom is -0.353 e. The predicted octanol–water partition coefficient (Wildman–Crippen LogP) is 3.48. The number of hydrogen-bond donors (Lipinski definition) is 1. The molecule has 1 aliphatic heterocycles. The minimum absolute atomic E-state index is 0.0326. The maximum absolute atomic E-state index is 12.8. The van der Waals surface area contributed by atoms with Crippen LogP contribution in [0.4, 0.5) is 0 Å². The third-order valence-electron chi connectivity index (χ3n) is 5.68. The van der Waals surface area contributed by atoms with Crippen LogP contribution in [0.25, 0.3) is 0 Å². The van der Waals surface area contributed by atoms with Crippen LogP contribution >= 0.6 is 11.8 Å². The Kier molecular flexibility index (Phi) is 5.52. The fraction of sp³-hybridized carbons (Fsp3) is 0.750. The van der Waals surface area contributed by atoms with Crippen molar-refractivity contribution in [2.24, 2.45) is 11.3 Å². The highest BCUT2D eigenvalue weighted by Gasteiger charge is 2.34. The molecular formula is C20H31N3O2S. The minimum atomic E-state index is -0.0880. The molecule has 26 heavy (non-hydrogen) atoms. The molecule has 1 aromatic heterocycles. The Bertz CT molecular complexity index is 756. The van der Waals surface area contributed by atoms with Crippen molar-refractivity contribution in [3.8, 4) is 0 Å². The van der Waals surface area contributed by atoms with Gasteiger partial charge in [-0.25, -0.2) is 4.98 Å². The second-order valence-electron chi connectivity index (χ2n) is 8.83. The second kappa shape index (κ2) is 7.37. The van der Waals surface area contributed by atoms with Gasteiger partial charge in [-0.2, -0.15) is 0 Å². The Morgan fingerprint density at radius 1 is 1.38 bits per heavy atom. The highest BCUT2D eigenvalue weighted by atomic mass is 32.2. The first-order chi connectivity index (χ1) is 12.2. The van der Waals surface area contributed by atoms with Gasteiger partial charge in [0, 0.05) is 29.5 Å². The number of carbonyl (C=O) groups excluding carboxylic acids is 1. The van der Waals surface area contributed by atoms with Crippen molar-refractivity contribution in [2.75, 3.05) is 5.75 Å². The van der Waals surface area contributed by atoms with Crippen LogP contribution in [-0.2, 0) is 11.2 Å². The molecule has 1 aliphatic carbocycles. The Morgan fingerprint density at radius 2 is 2.12 bits per heavy atom. The first-order valence-electron chi connectivity index (χ1n) is 9.74. The van der Waals surface area contributed by atoms with Gasteiger partial charge in [-0.05, 0) is 43.9 Å². The number of rotatable bonds is 4. The summed E-state index contributed by atoms with van der Waals surface area (Å²) in [5.74, 6) is 1.44. The van der Waals surface area contributed by atoms with E-state index in [1.807, 2.05) is 13.8 Å². The van der Waals surface area contributed by atoms with Crippen LogP contribution in [0.15, 0.2) is 9.95 Å². The summed E-state index contributed by atoms with van der Waals surface area (Å²) in [4.78, 5) is 30.1. The number of thioether (sulfide) groups is 1. The number of carbonyl (C=O) groups is 1. The fourth-order valence-corrected chi connectivity index (χ4v) is 6.02. The van der Waals surface area contributed by atoms with Crippen molar-refractivity contribution >= 4 is 17.7 Å². The predicted molar refractivity (Wildman–Crippen MR) is 106 cm³/mol. The van der Waals surface area contributed by atoms with Gasteiger partial charge in [0.15, 0.2) is 5.16 Å². The van der Waals surface area contributed by atoms with Crippen molar-refractivity contribution in [3.63, 3.8) is 0 Å². The number of nitrogens with one attached hydrogen (secondary N) is 1. The monoisotopic (exact) mass is 377 g/mol. The van der Waals surface area contributed by atoms with E-state index in [1.165, 1.54) is 6.42 Å². The largest absolute Gasteiger partial charge is 0.353 e. The standard InChI is InChI=1S/C20H31N3O2S/c1-6-16-13(3)21-19-23(18(16)25)15(11-26-19)8-17(24)22-14-7-12(2)9-20(4,5)10-14/h12,14-15H,6-11H2,1-5H3,(H,22,24). The quantitative estimate of drug-likeness (QED) is 0.816. The van der Waals surface area contributed by atoms with Crippen molar-refractivity contribution in [1.82, 2.24) is 14.9 Å². The molecule has 1 saturated carbocycles. The molecule has 2 aliphatic rings. The molecule has 144 valence electrons. The molecule has 3 rings (SSSR count). The van der Waals surface area contributed by atoms with Gasteiger partial charge in [-0.15, -0.1) is 0 Å². The van der Waals surface area contributed by atoms with Gasteiger partial charge in [-0.1, -0.05) is 39.5 Å². The highest BCUT2D eigenvalue weighted by molar-refractivity contribution is 7.99. The Labute approximate surface area is 160 Å². The third-order valence-corrected chi connectivity index (χ3v) is 6.78. The van der Waals surface area contributed by atoms with E-state index in [0.29, 0.717) is 18.8 Å². The SMILES string of the molecule is CCc1c(C)nc2n(c1=O)C(CC(=O)NC1CC(C)CC(C)(C)C1)CS2. The number of aromatic nitrogens is 2. The second-order valence-corrected chi connectivity index (χ2v) is 9.82. The molecule has 0 spiro atoms. The smallest absolute Gasteiger partial charge is 0.257 e. The lowest BCUT2D eigenvalue weighted by atomic mass is 9.70. The maximum Gasteiger partial charge on any atom is 0.257 e. The number of hydrogen-bond acceptors (Lipinski definition) is 4. The summed E-state index contributed by atoms with van der Waals surface area (Å²) in [7, 11) is 0. The Balaban J connectivity index is 1.70. The van der Waals surface area contributed by atoms with Gasteiger partial charge in [0.1, 0.15) is 0 Å². The molecule has 2 heterocycles. The molecule has 0 radical (unpaired) electrons. The summed E-state index contributed by atoms with van der Waals surface area (Å²) >= 11 is 1.58. The van der Waals surface area contributed by atoms with Crippen LogP contribution in [0, 0.1) is 18.3 Å². The first kappa shape index (κ1) is 19.5. The van der Waals surface area contributed by atoms with Crippen LogP contribution in [0.3, 0.4) is 0 Å². The third kappa shape index (κ3) is 4.00. The summed E-state index contributed by atoms with van der Waals surface area (Å²) < 4.78 is 1.75. The van der Waals surface area contributed by atoms with Gasteiger partial charge >= 0.3 is 0 Å². The molecule has 1 aromatic rings. The van der Waals surface area contributed by atoms with E-state index < -0.39 is 0 Å². The van der Waals surface area contributed by atoms with Gasteiger partial charge in [0.25, 0.3) is 5.56 Å². The van der Waals surface area contributed by atoms with Crippen LogP contribution < -0.4 is 10.9 Å². The summed E-state index contributed by atoms with van der Waals surface area (Å²) in [5, 5.41) is 4.00. The molecule has 0 bridgehead atoms. The average molecular weight is 378 g/mol. The van der Waals surface area contributed by atoms with E-state index >= 15 is 0 Å². The molecule has 1 fully saturated rings. The number of nitrogens with zero attached hydrogens (tertiary/aromatic N) is 2. The number of fused-ring (bicyclic) bond motifs is 1. The van der Waals surface area contributed by atoms with E-state index in [4.69, 9.17) is 0 Å². The van der Waals surface area contributed by atoms with E-state index in [2.05, 4.69) is 31.1 Å². The van der Waals surface area contributed by atoms with Crippen molar-refractivity contribution < 1.29 is 4.79 Å². The molecule has 3 unspecified atom stereocenters. The molecule has 0 saturated heterocycles. The summed E-state index contributed by atoms with van der Waals surface area (Å²) in [6.45, 7) is 10.7. The lowest BCUT2D eigenvalue weighted by Crippen LogP contribution is -2.43. The normalized spacial score (nSPS) is 27.2. The molecule has 5 nitrogen and oxygen atoms in total. The maximum atomic E-state index is 12.8. The van der Waals surface area contributed by atoms with Crippen LogP contribution in [-0.4, -0.2) is 27.3 Å². The van der Waals surface area contributed by atoms with E-state index in [-0.39, 0.29) is 29.0 Å². The molecule has 6 heteroatoms. The Morgan fingerprint density at radius 3 is 2.77 bits per heavy atom. The van der Waals surface area contributed by atoms with E-state index in [1.54, 1.807) is 16.3 Å². The highest BCUT2D eigenvalue weighted by Crippen LogP contribution is 2.39. The van der Waals surface area contributed by atoms with Crippen LogP contribution in [0.5, 0.6) is 0 Å². The molecule has 3 atom stereocenters. The molecule has 1 amide bonds. The topological polar surface area (TPSA) is 64.0 Å². The van der Waals surface area contributed by atoms with Gasteiger partial charge in [0.2, 0.25) is 5.91 Å². The Hall–Kier alpha value is -1.30. The lowest BCUT2D eigenvalue weighted by molar-refractivity contribution is -0.123. The van der Waals surface area contributed by atoms with Crippen molar-refractivity contribution in [2.45, 2.75) is 84.0 Å². The summed E-state index contributed by atoms with van der Waals surface area (Å²) in [6.07, 6.45) is 4.33. The average Bonchev–Trinajstić information content (AvgIpc) is 2.87. The number of amides is 1. The molecular weight excluding hydrogens is 346 g/mol. The summed E-state index contributed by atoms with van der Waals surface area (Å²) in [6, 6.07) is 0.156. The van der Waals surface area contributed by atoms with Gasteiger partial charge < -0.3 is 5.32 Å². The fourth-order valence-electron chi connectivity index (χ4n) is 4.83. The zero-order valence-electron chi connectivity index (χ0n) is 16.6. The first-order valence-corrected chi connectivity index (χ1v) is 10.7. The van der Waals surface area contributed by atoms with Crippen LogP contribution in [0.1, 0.15) is 70.7 Å². The van der Waals surface area contributed by atoms with E-state index in [0.717, 1.165) is 35.0 Å². The van der Waals surface area contributed by atoms with Crippen LogP contribution in [0.2, 0.25) is 0 Å². The molecule has 0 aromatic carbocycles. The zero-order valence-corrected chi connectivity index (χ0v) is 17.4. The number of aryl methyl sites for hydroxylation is 1. The summed E-state index contributed by atoms with van der Waals surface area (Å²) in [5.41, 5.74) is 1.90. The van der Waals surface area contributed by atoms with Crippen molar-refractivity contribution in [3.05, 3.63) is 21.6 Å². The van der Waals surface area contributed by atoms with Gasteiger partial charge in [0.05, 0.1) is 6.04 Å².